The van der Waals surface area contributed by atoms with Crippen LogP contribution in [0.4, 0.5) is 0 Å². The molecule has 0 saturated heterocycles. The summed E-state index contributed by atoms with van der Waals surface area (Å²) in [6.45, 7) is 0. The molecule has 0 N–H and O–H groups in total. The summed E-state index contributed by atoms with van der Waals surface area (Å²) in [5, 5.41) is 0. The van der Waals surface area contributed by atoms with Crippen molar-refractivity contribution in [1.82, 2.24) is 0 Å². The molecular formula is C3H5BiS. The molecule has 1 aliphatic carbocycles. The summed E-state index contributed by atoms with van der Waals surface area (Å²) < 4.78 is 1.13. The third kappa shape index (κ3) is 1.32. The zero-order chi connectivity index (χ0) is 3.70. The molecule has 0 heterocycles. The van der Waals surface area contributed by atoms with Crippen LogP contribution in [0.2, 0.25) is 3.63 Å². The molecule has 0 spiro atoms. The van der Waals surface area contributed by atoms with Gasteiger partial charge in [-0.1, -0.05) is 0 Å². The maximum absolute atomic E-state index is 4.92. The van der Waals surface area contributed by atoms with E-state index < -0.39 is 0 Å². The molecule has 0 aromatic carbocycles. The van der Waals surface area contributed by atoms with E-state index in [4.69, 9.17) is 8.86 Å². The maximum atomic E-state index is 4.92. The molecule has 0 aromatic rings. The van der Waals surface area contributed by atoms with Gasteiger partial charge >= 0.3 is 46.5 Å². The van der Waals surface area contributed by atoms with E-state index >= 15 is 0 Å². The zero-order valence-corrected chi connectivity index (χ0v) is 7.14. The Morgan fingerprint density at radius 1 is 1.60 bits per heavy atom. The fraction of sp³-hybridized carbons (Fsp3) is 1.00. The van der Waals surface area contributed by atoms with Crippen LogP contribution < -0.4 is 0 Å². The van der Waals surface area contributed by atoms with Crippen LogP contribution in [0.25, 0.3) is 0 Å². The van der Waals surface area contributed by atoms with Crippen molar-refractivity contribution >= 4 is 30.1 Å². The Bertz CT molecular complexity index is 48.9. The fourth-order valence-electron chi connectivity index (χ4n) is 0.180. The molecule has 1 saturated carbocycles. The molecule has 2 heteroatoms. The van der Waals surface area contributed by atoms with E-state index in [1.165, 1.54) is 12.8 Å². The number of hydrogen-bond donors (Lipinski definition) is 0. The third-order valence-corrected chi connectivity index (χ3v) is 6.48. The van der Waals surface area contributed by atoms with Gasteiger partial charge in [-0.15, -0.1) is 0 Å². The van der Waals surface area contributed by atoms with Gasteiger partial charge in [0.05, 0.1) is 0 Å². The van der Waals surface area contributed by atoms with Crippen LogP contribution in [0.3, 0.4) is 0 Å². The van der Waals surface area contributed by atoms with Gasteiger partial charge < -0.3 is 0 Å². The van der Waals surface area contributed by atoms with Crippen molar-refractivity contribution < 1.29 is 0 Å². The summed E-state index contributed by atoms with van der Waals surface area (Å²) in [6, 6.07) is 0. The summed E-state index contributed by atoms with van der Waals surface area (Å²) in [4.78, 5) is 0. The van der Waals surface area contributed by atoms with Crippen LogP contribution in [-0.2, 0) is 0 Å². The normalized spacial score (nSPS) is 22.4. The molecule has 0 unspecified atom stereocenters. The first-order valence-electron chi connectivity index (χ1n) is 1.76. The van der Waals surface area contributed by atoms with Crippen molar-refractivity contribution in [3.8, 4) is 0 Å². The number of hydrogen-bond acceptors (Lipinski definition) is 1. The van der Waals surface area contributed by atoms with Gasteiger partial charge in [0.2, 0.25) is 0 Å². The van der Waals surface area contributed by atoms with Crippen LogP contribution in [0.5, 0.6) is 0 Å². The second kappa shape index (κ2) is 1.70. The van der Waals surface area contributed by atoms with Gasteiger partial charge in [0.15, 0.2) is 0 Å². The first-order valence-corrected chi connectivity index (χ1v) is 8.39. The van der Waals surface area contributed by atoms with Crippen molar-refractivity contribution in [3.05, 3.63) is 0 Å². The van der Waals surface area contributed by atoms with E-state index in [0.29, 0.717) is 0 Å². The Labute approximate surface area is 46.5 Å². The van der Waals surface area contributed by atoms with Gasteiger partial charge in [0.25, 0.3) is 0 Å². The molecule has 1 fully saturated rings. The van der Waals surface area contributed by atoms with E-state index in [1.54, 1.807) is 0 Å². The van der Waals surface area contributed by atoms with E-state index in [0.717, 1.165) is 3.63 Å². The third-order valence-electron chi connectivity index (χ3n) is 0.696. The average Bonchev–Trinajstić information content (AvgIpc) is 2.12. The molecule has 1 aliphatic rings. The van der Waals surface area contributed by atoms with E-state index in [-0.39, 0.29) is 21.2 Å². The minimum absolute atomic E-state index is 0.244. The van der Waals surface area contributed by atoms with Gasteiger partial charge in [-0.3, -0.25) is 0 Å². The van der Waals surface area contributed by atoms with Crippen molar-refractivity contribution in [1.29, 1.82) is 0 Å². The van der Waals surface area contributed by atoms with Crippen molar-refractivity contribution in [2.75, 3.05) is 0 Å². The van der Waals surface area contributed by atoms with Crippen molar-refractivity contribution in [2.24, 2.45) is 0 Å². The summed E-state index contributed by atoms with van der Waals surface area (Å²) in [7, 11) is 4.92. The van der Waals surface area contributed by atoms with E-state index in [2.05, 4.69) is 0 Å². The molecule has 0 aromatic heterocycles. The first kappa shape index (κ1) is 4.27. The number of rotatable bonds is 1. The average molecular weight is 282 g/mol. The molecule has 28 valence electrons. The summed E-state index contributed by atoms with van der Waals surface area (Å²) in [5.41, 5.74) is 0. The van der Waals surface area contributed by atoms with Crippen LogP contribution in [0, 0.1) is 0 Å². The zero-order valence-electron chi connectivity index (χ0n) is 2.85. The van der Waals surface area contributed by atoms with Crippen molar-refractivity contribution in [3.63, 3.8) is 0 Å². The summed E-state index contributed by atoms with van der Waals surface area (Å²) in [6.07, 6.45) is 2.97. The van der Waals surface area contributed by atoms with Gasteiger partial charge in [-0.05, 0) is 0 Å². The summed E-state index contributed by atoms with van der Waals surface area (Å²) >= 11 is -0.244. The molecule has 0 atom stereocenters. The Morgan fingerprint density at radius 2 is 2.20 bits per heavy atom. The SMILES string of the molecule is [S]=[Bi][CH]1CC1. The Balaban J connectivity index is 2.21. The predicted molar refractivity (Wildman–Crippen MR) is 26.3 cm³/mol. The van der Waals surface area contributed by atoms with Crippen LogP contribution in [-0.4, -0.2) is 21.2 Å². The van der Waals surface area contributed by atoms with Gasteiger partial charge in [0.1, 0.15) is 0 Å². The van der Waals surface area contributed by atoms with Gasteiger partial charge in [-0.25, -0.2) is 0 Å². The molecule has 0 bridgehead atoms. The monoisotopic (exact) mass is 282 g/mol. The second-order valence-corrected chi connectivity index (χ2v) is 6.85. The summed E-state index contributed by atoms with van der Waals surface area (Å²) in [5.74, 6) is 0. The van der Waals surface area contributed by atoms with Crippen LogP contribution in [0.1, 0.15) is 12.8 Å². The van der Waals surface area contributed by atoms with Crippen molar-refractivity contribution in [2.45, 2.75) is 16.5 Å². The molecule has 0 nitrogen and oxygen atoms in total. The standard InChI is InChI=1S/C3H5.Bi.S/c1-2-3-1;;/h1H,2-3H2;;. The molecule has 0 aliphatic heterocycles. The molecule has 0 amide bonds. The molecule has 1 rings (SSSR count). The van der Waals surface area contributed by atoms with Crippen LogP contribution >= 0.6 is 8.86 Å². The quantitative estimate of drug-likeness (QED) is 0.655. The minimum atomic E-state index is -0.244. The van der Waals surface area contributed by atoms with Crippen LogP contribution in [0.15, 0.2) is 0 Å². The molecule has 0 radical (unpaired) electrons. The van der Waals surface area contributed by atoms with E-state index in [1.807, 2.05) is 0 Å². The fourth-order valence-corrected chi connectivity index (χ4v) is 3.43. The molecule has 5 heavy (non-hydrogen) atoms. The second-order valence-electron chi connectivity index (χ2n) is 1.34. The first-order chi connectivity index (χ1) is 2.43. The Morgan fingerprint density at radius 3 is 2.20 bits per heavy atom. The Hall–Kier alpha value is 1.10. The van der Waals surface area contributed by atoms with Gasteiger partial charge in [-0.2, -0.15) is 0 Å². The topological polar surface area (TPSA) is 0 Å². The molecular weight excluding hydrogens is 277 g/mol. The van der Waals surface area contributed by atoms with E-state index in [9.17, 15) is 0 Å². The van der Waals surface area contributed by atoms with Gasteiger partial charge in [0, 0.05) is 0 Å². The Kier molecular flexibility index (Phi) is 1.45. The predicted octanol–water partition coefficient (Wildman–Crippen LogP) is 1.39.